The van der Waals surface area contributed by atoms with Gasteiger partial charge in [-0.3, -0.25) is 9.59 Å². The Bertz CT molecular complexity index is 1130. The van der Waals surface area contributed by atoms with Gasteiger partial charge in [-0.15, -0.1) is 0 Å². The lowest BCUT2D eigenvalue weighted by Gasteiger charge is -2.18. The van der Waals surface area contributed by atoms with Gasteiger partial charge in [-0.25, -0.2) is 0 Å². The van der Waals surface area contributed by atoms with Crippen LogP contribution in [0.25, 0.3) is 0 Å². The SMILES string of the molecule is COc1cc(C(=O)Nc2ccc(N3CCCC3=O)c(Cl)c2)ccc1OCc1ccccc1. The normalized spacial score (nSPS) is 13.2. The maximum absolute atomic E-state index is 12.8. The second-order valence-electron chi connectivity index (χ2n) is 7.41. The fraction of sp³-hybridized carbons (Fsp3) is 0.200. The first-order valence-corrected chi connectivity index (χ1v) is 10.7. The summed E-state index contributed by atoms with van der Waals surface area (Å²) in [6, 6.07) is 20.0. The molecule has 0 aliphatic carbocycles. The molecule has 6 nitrogen and oxygen atoms in total. The number of nitrogens with one attached hydrogen (secondary N) is 1. The van der Waals surface area contributed by atoms with Crippen LogP contribution in [-0.4, -0.2) is 25.5 Å². The summed E-state index contributed by atoms with van der Waals surface area (Å²) < 4.78 is 11.3. The molecule has 1 N–H and O–H groups in total. The molecule has 0 unspecified atom stereocenters. The highest BCUT2D eigenvalue weighted by molar-refractivity contribution is 6.34. The van der Waals surface area contributed by atoms with Crippen LogP contribution in [0.5, 0.6) is 11.5 Å². The highest BCUT2D eigenvalue weighted by Gasteiger charge is 2.23. The van der Waals surface area contributed by atoms with Gasteiger partial charge in [0.15, 0.2) is 11.5 Å². The summed E-state index contributed by atoms with van der Waals surface area (Å²) in [5.74, 6) is 0.773. The molecule has 0 saturated carbocycles. The van der Waals surface area contributed by atoms with Crippen molar-refractivity contribution in [1.82, 2.24) is 0 Å². The molecule has 3 aromatic rings. The first-order chi connectivity index (χ1) is 15.5. The number of carbonyl (C=O) groups excluding carboxylic acids is 2. The van der Waals surface area contributed by atoms with Crippen molar-refractivity contribution in [2.24, 2.45) is 0 Å². The molecule has 1 aliphatic heterocycles. The van der Waals surface area contributed by atoms with Crippen molar-refractivity contribution in [2.75, 3.05) is 23.9 Å². The maximum atomic E-state index is 12.8. The lowest BCUT2D eigenvalue weighted by Crippen LogP contribution is -2.24. The molecule has 3 aromatic carbocycles. The van der Waals surface area contributed by atoms with Crippen LogP contribution in [0, 0.1) is 0 Å². The average Bonchev–Trinajstić information content (AvgIpc) is 3.23. The second-order valence-corrected chi connectivity index (χ2v) is 7.82. The summed E-state index contributed by atoms with van der Waals surface area (Å²) >= 11 is 6.38. The van der Waals surface area contributed by atoms with Crippen LogP contribution in [0.15, 0.2) is 66.7 Å². The first-order valence-electron chi connectivity index (χ1n) is 10.3. The number of nitrogens with zero attached hydrogens (tertiary/aromatic N) is 1. The number of rotatable bonds is 7. The number of hydrogen-bond acceptors (Lipinski definition) is 4. The van der Waals surface area contributed by atoms with Crippen LogP contribution in [0.4, 0.5) is 11.4 Å². The van der Waals surface area contributed by atoms with Gasteiger partial charge in [0.2, 0.25) is 5.91 Å². The van der Waals surface area contributed by atoms with Crippen LogP contribution in [0.3, 0.4) is 0 Å². The zero-order valence-electron chi connectivity index (χ0n) is 17.6. The molecule has 1 aliphatic rings. The van der Waals surface area contributed by atoms with E-state index in [4.69, 9.17) is 21.1 Å². The Kier molecular flexibility index (Phi) is 6.61. The molecule has 164 valence electrons. The molecule has 0 aromatic heterocycles. The quantitative estimate of drug-likeness (QED) is 0.530. The monoisotopic (exact) mass is 450 g/mol. The predicted octanol–water partition coefficient (Wildman–Crippen LogP) is 5.31. The predicted molar refractivity (Wildman–Crippen MR) is 125 cm³/mol. The summed E-state index contributed by atoms with van der Waals surface area (Å²) in [6.07, 6.45) is 1.35. The molecule has 4 rings (SSSR count). The van der Waals surface area contributed by atoms with E-state index < -0.39 is 0 Å². The Morgan fingerprint density at radius 1 is 1.06 bits per heavy atom. The summed E-state index contributed by atoms with van der Waals surface area (Å²) in [5.41, 5.74) is 2.66. The minimum Gasteiger partial charge on any atom is -0.493 e. The molecule has 1 saturated heterocycles. The smallest absolute Gasteiger partial charge is 0.255 e. The van der Waals surface area contributed by atoms with Crippen LogP contribution in [-0.2, 0) is 11.4 Å². The number of amides is 2. The van der Waals surface area contributed by atoms with Gasteiger partial charge in [-0.2, -0.15) is 0 Å². The second kappa shape index (κ2) is 9.75. The van der Waals surface area contributed by atoms with E-state index in [9.17, 15) is 9.59 Å². The molecule has 0 atom stereocenters. The fourth-order valence-corrected chi connectivity index (χ4v) is 3.86. The van der Waals surface area contributed by atoms with Gasteiger partial charge >= 0.3 is 0 Å². The van der Waals surface area contributed by atoms with E-state index in [0.29, 0.717) is 53.0 Å². The number of methoxy groups -OCH3 is 1. The maximum Gasteiger partial charge on any atom is 0.255 e. The Hall–Kier alpha value is -3.51. The van der Waals surface area contributed by atoms with Crippen molar-refractivity contribution < 1.29 is 19.1 Å². The van der Waals surface area contributed by atoms with E-state index >= 15 is 0 Å². The third-order valence-electron chi connectivity index (χ3n) is 5.23. The van der Waals surface area contributed by atoms with Gasteiger partial charge in [0.05, 0.1) is 17.8 Å². The van der Waals surface area contributed by atoms with Gasteiger partial charge in [-0.05, 0) is 48.4 Å². The Morgan fingerprint density at radius 2 is 1.88 bits per heavy atom. The summed E-state index contributed by atoms with van der Waals surface area (Å²) in [7, 11) is 1.53. The Morgan fingerprint density at radius 3 is 2.56 bits per heavy atom. The van der Waals surface area contributed by atoms with Gasteiger partial charge in [0.25, 0.3) is 5.91 Å². The van der Waals surface area contributed by atoms with Gasteiger partial charge in [0.1, 0.15) is 6.61 Å². The fourth-order valence-electron chi connectivity index (χ4n) is 3.57. The molecule has 0 spiro atoms. The van der Waals surface area contributed by atoms with E-state index in [2.05, 4.69) is 5.32 Å². The van der Waals surface area contributed by atoms with E-state index in [1.165, 1.54) is 7.11 Å². The number of halogens is 1. The van der Waals surface area contributed by atoms with Crippen molar-refractivity contribution in [3.8, 4) is 11.5 Å². The first kappa shape index (κ1) is 21.7. The lowest BCUT2D eigenvalue weighted by atomic mass is 10.1. The van der Waals surface area contributed by atoms with Crippen LogP contribution in [0.1, 0.15) is 28.8 Å². The molecule has 1 heterocycles. The highest BCUT2D eigenvalue weighted by Crippen LogP contribution is 2.33. The number of anilines is 2. The largest absolute Gasteiger partial charge is 0.493 e. The van der Waals surface area contributed by atoms with Crippen molar-refractivity contribution in [3.63, 3.8) is 0 Å². The average molecular weight is 451 g/mol. The molecule has 7 heteroatoms. The van der Waals surface area contributed by atoms with Crippen molar-refractivity contribution >= 4 is 34.8 Å². The summed E-state index contributed by atoms with van der Waals surface area (Å²) in [4.78, 5) is 26.4. The number of benzene rings is 3. The van der Waals surface area contributed by atoms with E-state index in [1.54, 1.807) is 41.3 Å². The standard InChI is InChI=1S/C25H23ClN2O4/c1-31-23-14-18(9-12-22(23)32-16-17-6-3-2-4-7-17)25(30)27-19-10-11-21(20(26)15-19)28-13-5-8-24(28)29/h2-4,6-7,9-12,14-15H,5,8,13,16H2,1H3,(H,27,30). The minimum absolute atomic E-state index is 0.0605. The van der Waals surface area contributed by atoms with E-state index in [1.807, 2.05) is 30.3 Å². The van der Waals surface area contributed by atoms with Crippen molar-refractivity contribution in [3.05, 3.63) is 82.9 Å². The molecular weight excluding hydrogens is 428 g/mol. The number of hydrogen-bond donors (Lipinski definition) is 1. The third-order valence-corrected chi connectivity index (χ3v) is 5.54. The van der Waals surface area contributed by atoms with Crippen molar-refractivity contribution in [2.45, 2.75) is 19.4 Å². The van der Waals surface area contributed by atoms with Gasteiger partial charge < -0.3 is 19.7 Å². The number of carbonyl (C=O) groups is 2. The molecule has 0 bridgehead atoms. The third kappa shape index (κ3) is 4.86. The molecule has 2 amide bonds. The molecule has 1 fully saturated rings. The van der Waals surface area contributed by atoms with E-state index in [-0.39, 0.29) is 11.8 Å². The Labute approximate surface area is 191 Å². The van der Waals surface area contributed by atoms with Crippen LogP contribution in [0.2, 0.25) is 5.02 Å². The highest BCUT2D eigenvalue weighted by atomic mass is 35.5. The van der Waals surface area contributed by atoms with Crippen molar-refractivity contribution in [1.29, 1.82) is 0 Å². The zero-order chi connectivity index (χ0) is 22.5. The summed E-state index contributed by atoms with van der Waals surface area (Å²) in [6.45, 7) is 1.05. The van der Waals surface area contributed by atoms with Crippen LogP contribution >= 0.6 is 11.6 Å². The van der Waals surface area contributed by atoms with Gasteiger partial charge in [-0.1, -0.05) is 41.9 Å². The van der Waals surface area contributed by atoms with E-state index in [0.717, 1.165) is 12.0 Å². The number of ether oxygens (including phenoxy) is 2. The molecule has 32 heavy (non-hydrogen) atoms. The molecule has 0 radical (unpaired) electrons. The topological polar surface area (TPSA) is 67.9 Å². The minimum atomic E-state index is -0.307. The lowest BCUT2D eigenvalue weighted by molar-refractivity contribution is -0.117. The summed E-state index contributed by atoms with van der Waals surface area (Å²) in [5, 5.41) is 3.25. The molecular formula is C25H23ClN2O4. The zero-order valence-corrected chi connectivity index (χ0v) is 18.4. The Balaban J connectivity index is 1.45. The van der Waals surface area contributed by atoms with Gasteiger partial charge in [0, 0.05) is 24.2 Å². The van der Waals surface area contributed by atoms with Crippen LogP contribution < -0.4 is 19.7 Å².